The molecule has 0 amide bonds. The number of rotatable bonds is 6. The van der Waals surface area contributed by atoms with Gasteiger partial charge < -0.3 is 19.7 Å². The minimum atomic E-state index is -1.43. The maximum absolute atomic E-state index is 14.5. The number of hydrogen-bond donors (Lipinski definition) is 2. The van der Waals surface area contributed by atoms with Gasteiger partial charge in [0.1, 0.15) is 5.65 Å². The number of nitrogens with one attached hydrogen (secondary N) is 1. The molecule has 1 aromatic carbocycles. The Labute approximate surface area is 206 Å². The van der Waals surface area contributed by atoms with Gasteiger partial charge in [0.15, 0.2) is 5.82 Å². The number of carboxylic acid groups (broad SMARTS) is 1. The summed E-state index contributed by atoms with van der Waals surface area (Å²) in [6.07, 6.45) is 3.82. The van der Waals surface area contributed by atoms with Crippen LogP contribution >= 0.6 is 0 Å². The summed E-state index contributed by atoms with van der Waals surface area (Å²) in [5, 5.41) is 12.8. The Morgan fingerprint density at radius 3 is 2.61 bits per heavy atom. The predicted molar refractivity (Wildman–Crippen MR) is 133 cm³/mol. The minimum absolute atomic E-state index is 0.110. The van der Waals surface area contributed by atoms with Gasteiger partial charge in [-0.15, -0.1) is 0 Å². The predicted octanol–water partition coefficient (Wildman–Crippen LogP) is 5.57. The number of halogens is 1. The molecule has 5 rings (SSSR count). The van der Waals surface area contributed by atoms with E-state index < -0.39 is 17.5 Å². The highest BCUT2D eigenvalue weighted by Crippen LogP contribution is 2.33. The number of aromatic nitrogens is 4. The number of hydrogen-bond acceptors (Lipinski definition) is 6. The summed E-state index contributed by atoms with van der Waals surface area (Å²) in [5.74, 6) is -0.475. The zero-order valence-corrected chi connectivity index (χ0v) is 19.9. The Kier molecular flexibility index (Phi) is 6.17. The molecule has 0 spiro atoms. The van der Waals surface area contributed by atoms with E-state index in [-0.39, 0.29) is 23.9 Å². The normalized spacial score (nSPS) is 14.8. The molecule has 0 bridgehead atoms. The summed E-state index contributed by atoms with van der Waals surface area (Å²) in [6.45, 7) is 3.67. The third-order valence-corrected chi connectivity index (χ3v) is 6.69. The lowest BCUT2D eigenvalue weighted by molar-refractivity contribution is 0.140. The molecule has 3 aromatic heterocycles. The minimum Gasteiger partial charge on any atom is -0.449 e. The van der Waals surface area contributed by atoms with Gasteiger partial charge in [0.05, 0.1) is 17.4 Å². The number of pyridine rings is 1. The van der Waals surface area contributed by atoms with Gasteiger partial charge in [0, 0.05) is 23.7 Å². The van der Waals surface area contributed by atoms with Crippen LogP contribution in [-0.4, -0.2) is 30.4 Å². The van der Waals surface area contributed by atoms with Crippen molar-refractivity contribution in [2.45, 2.75) is 51.6 Å². The molecule has 36 heavy (non-hydrogen) atoms. The van der Waals surface area contributed by atoms with Crippen molar-refractivity contribution in [2.24, 2.45) is 0 Å². The van der Waals surface area contributed by atoms with E-state index in [1.54, 1.807) is 23.8 Å². The van der Waals surface area contributed by atoms with Crippen LogP contribution in [0.5, 0.6) is 5.88 Å². The van der Waals surface area contributed by atoms with Crippen molar-refractivity contribution in [1.29, 1.82) is 0 Å². The molecule has 0 aliphatic heterocycles. The maximum atomic E-state index is 14.5. The Morgan fingerprint density at radius 2 is 1.92 bits per heavy atom. The summed E-state index contributed by atoms with van der Waals surface area (Å²) < 4.78 is 22.7. The Morgan fingerprint density at radius 1 is 1.19 bits per heavy atom. The van der Waals surface area contributed by atoms with Gasteiger partial charge in [-0.05, 0) is 38.3 Å². The van der Waals surface area contributed by atoms with E-state index in [1.165, 1.54) is 10.6 Å². The van der Waals surface area contributed by atoms with Gasteiger partial charge in [0.2, 0.25) is 11.8 Å². The summed E-state index contributed by atoms with van der Waals surface area (Å²) >= 11 is 0. The molecule has 186 valence electrons. The van der Waals surface area contributed by atoms with Crippen molar-refractivity contribution in [3.63, 3.8) is 0 Å². The number of anilines is 2. The molecule has 0 radical (unpaired) electrons. The highest BCUT2D eigenvalue weighted by atomic mass is 19.1. The van der Waals surface area contributed by atoms with E-state index in [0.717, 1.165) is 31.2 Å². The molecular formula is C26H26FN5O4. The topological polar surface area (TPSA) is 111 Å². The summed E-state index contributed by atoms with van der Waals surface area (Å²) in [6, 6.07) is 12.0. The van der Waals surface area contributed by atoms with Gasteiger partial charge in [-0.25, -0.2) is 14.2 Å². The van der Waals surface area contributed by atoms with Crippen LogP contribution in [0.25, 0.3) is 11.0 Å². The van der Waals surface area contributed by atoms with Crippen molar-refractivity contribution < 1.29 is 19.0 Å². The van der Waals surface area contributed by atoms with Crippen molar-refractivity contribution in [1.82, 2.24) is 19.1 Å². The van der Waals surface area contributed by atoms with Crippen LogP contribution in [0.4, 0.5) is 20.8 Å². The highest BCUT2D eigenvalue weighted by Gasteiger charge is 2.24. The van der Waals surface area contributed by atoms with Gasteiger partial charge in [-0.1, -0.05) is 43.2 Å². The second-order valence-corrected chi connectivity index (χ2v) is 9.03. The Hall–Kier alpha value is -4.21. The van der Waals surface area contributed by atoms with E-state index in [2.05, 4.69) is 15.3 Å². The number of benzene rings is 1. The first-order valence-corrected chi connectivity index (χ1v) is 11.9. The standard InChI is InChI=1S/C26H26FN5O4/c1-15-20-13-21(27)24(33)32(19-10-6-7-11-19)23(20)30-25(28-15)29-18-12-22(36-26(34)35)31(14-18)16(2)17-8-4-3-5-9-17/h3-5,8-9,12-14,16,19H,6-7,10-11H2,1-2H3,(H,34,35)(H,28,29,30). The summed E-state index contributed by atoms with van der Waals surface area (Å²) in [7, 11) is 0. The Bertz CT molecular complexity index is 1490. The number of carbonyl (C=O) groups is 1. The van der Waals surface area contributed by atoms with E-state index in [9.17, 15) is 19.1 Å². The summed E-state index contributed by atoms with van der Waals surface area (Å²) in [4.78, 5) is 33.1. The molecule has 1 aliphatic rings. The average molecular weight is 492 g/mol. The zero-order chi connectivity index (χ0) is 25.4. The number of nitrogens with zero attached hydrogens (tertiary/aromatic N) is 4. The lowest BCUT2D eigenvalue weighted by Gasteiger charge is -2.17. The maximum Gasteiger partial charge on any atom is 0.512 e. The first-order chi connectivity index (χ1) is 17.3. The molecule has 1 fully saturated rings. The SMILES string of the molecule is Cc1nc(Nc2cc(OC(=O)O)n(C(C)c3ccccc3)c2)nc2c1cc(F)c(=O)n2C1CCCC1. The van der Waals surface area contributed by atoms with Gasteiger partial charge in [-0.2, -0.15) is 4.98 Å². The van der Waals surface area contributed by atoms with E-state index >= 15 is 0 Å². The largest absolute Gasteiger partial charge is 0.512 e. The molecule has 1 aliphatic carbocycles. The lowest BCUT2D eigenvalue weighted by atomic mass is 10.1. The monoisotopic (exact) mass is 491 g/mol. The zero-order valence-electron chi connectivity index (χ0n) is 19.9. The molecule has 1 unspecified atom stereocenters. The third kappa shape index (κ3) is 4.41. The smallest absolute Gasteiger partial charge is 0.449 e. The van der Waals surface area contributed by atoms with Crippen LogP contribution in [0.2, 0.25) is 0 Å². The molecule has 2 N–H and O–H groups in total. The first-order valence-electron chi connectivity index (χ1n) is 11.9. The number of ether oxygens (including phenoxy) is 1. The molecule has 10 heteroatoms. The van der Waals surface area contributed by atoms with E-state index in [1.807, 2.05) is 37.3 Å². The summed E-state index contributed by atoms with van der Waals surface area (Å²) in [5.41, 5.74) is 1.69. The first kappa shape index (κ1) is 23.5. The van der Waals surface area contributed by atoms with Gasteiger partial charge in [-0.3, -0.25) is 9.36 Å². The fourth-order valence-electron chi connectivity index (χ4n) is 4.90. The molecule has 1 saturated carbocycles. The Balaban J connectivity index is 1.56. The van der Waals surface area contributed by atoms with Crippen LogP contribution in [-0.2, 0) is 0 Å². The van der Waals surface area contributed by atoms with Crippen molar-refractivity contribution in [2.75, 3.05) is 5.32 Å². The number of fused-ring (bicyclic) bond motifs is 1. The van der Waals surface area contributed by atoms with Crippen molar-refractivity contribution >= 4 is 28.8 Å². The molecule has 3 heterocycles. The van der Waals surface area contributed by atoms with E-state index in [4.69, 9.17) is 4.74 Å². The second kappa shape index (κ2) is 9.44. The van der Waals surface area contributed by atoms with Gasteiger partial charge in [0.25, 0.3) is 5.56 Å². The molecule has 1 atom stereocenters. The van der Waals surface area contributed by atoms with Crippen molar-refractivity contribution in [3.05, 3.63) is 76.1 Å². The van der Waals surface area contributed by atoms with Crippen LogP contribution in [0.1, 0.15) is 55.9 Å². The van der Waals surface area contributed by atoms with E-state index in [0.29, 0.717) is 22.4 Å². The third-order valence-electron chi connectivity index (χ3n) is 6.69. The molecule has 9 nitrogen and oxygen atoms in total. The molecular weight excluding hydrogens is 465 g/mol. The fraction of sp³-hybridized carbons (Fsp3) is 0.308. The molecule has 0 saturated heterocycles. The van der Waals surface area contributed by atoms with Gasteiger partial charge >= 0.3 is 6.16 Å². The molecule has 4 aromatic rings. The number of aryl methyl sites for hydroxylation is 1. The fourth-order valence-corrected chi connectivity index (χ4v) is 4.90. The highest BCUT2D eigenvalue weighted by molar-refractivity contribution is 5.79. The second-order valence-electron chi connectivity index (χ2n) is 9.03. The van der Waals surface area contributed by atoms with Crippen LogP contribution in [0, 0.1) is 12.7 Å². The average Bonchev–Trinajstić information content (AvgIpc) is 3.51. The quantitative estimate of drug-likeness (QED) is 0.339. The van der Waals surface area contributed by atoms with Crippen LogP contribution in [0.15, 0.2) is 53.5 Å². The van der Waals surface area contributed by atoms with Crippen molar-refractivity contribution in [3.8, 4) is 5.88 Å². The lowest BCUT2D eigenvalue weighted by Crippen LogP contribution is -2.27. The van der Waals surface area contributed by atoms with Crippen LogP contribution < -0.4 is 15.6 Å². The van der Waals surface area contributed by atoms with Crippen LogP contribution in [0.3, 0.4) is 0 Å².